The van der Waals surface area contributed by atoms with E-state index in [1.54, 1.807) is 12.1 Å². The molecule has 2 atom stereocenters. The van der Waals surface area contributed by atoms with Crippen molar-refractivity contribution < 1.29 is 14.2 Å². The Morgan fingerprint density at radius 1 is 1.41 bits per heavy atom. The largest absolute Gasteiger partial charge is 0.509 e. The van der Waals surface area contributed by atoms with E-state index in [0.29, 0.717) is 29.8 Å². The van der Waals surface area contributed by atoms with Crippen molar-refractivity contribution in [2.75, 3.05) is 0 Å². The normalized spacial score (nSPS) is 16.8. The number of benzene rings is 1. The van der Waals surface area contributed by atoms with Crippen LogP contribution in [0.3, 0.4) is 0 Å². The lowest BCUT2D eigenvalue weighted by atomic mass is 9.94. The predicted octanol–water partition coefficient (Wildman–Crippen LogP) is 3.81. The second kappa shape index (κ2) is 5.86. The van der Waals surface area contributed by atoms with Crippen LogP contribution in [0, 0.1) is 5.82 Å². The van der Waals surface area contributed by atoms with E-state index >= 15 is 0 Å². The number of nitrogens with zero attached hydrogens (tertiary/aromatic N) is 1. The summed E-state index contributed by atoms with van der Waals surface area (Å²) in [6, 6.07) is 6.61. The Morgan fingerprint density at radius 3 is 2.86 bits per heavy atom. The Labute approximate surface area is 135 Å². The van der Waals surface area contributed by atoms with Crippen LogP contribution in [0.5, 0.6) is 5.88 Å². The van der Waals surface area contributed by atoms with Crippen molar-refractivity contribution in [2.45, 2.75) is 18.9 Å². The molecule has 2 aromatic rings. The zero-order valence-electron chi connectivity index (χ0n) is 11.6. The molecule has 1 aliphatic rings. The van der Waals surface area contributed by atoms with Crippen molar-refractivity contribution in [3.05, 3.63) is 53.1 Å². The molecule has 0 spiro atoms. The van der Waals surface area contributed by atoms with Gasteiger partial charge in [-0.15, -0.1) is 9.24 Å². The molecule has 0 saturated carbocycles. The molecule has 0 fully saturated rings. The summed E-state index contributed by atoms with van der Waals surface area (Å²) in [5.41, 5.74) is 1.91. The van der Waals surface area contributed by atoms with Crippen LogP contribution in [0.25, 0.3) is 11.1 Å². The number of pyridine rings is 1. The molecule has 2 heterocycles. The number of halogens is 2. The monoisotopic (exact) mass is 337 g/mol. The highest BCUT2D eigenvalue weighted by molar-refractivity contribution is 7.27. The molecule has 0 bridgehead atoms. The molecule has 3 rings (SSSR count). The maximum Gasteiger partial charge on any atom is 0.219 e. The van der Waals surface area contributed by atoms with Gasteiger partial charge >= 0.3 is 0 Å². The number of rotatable bonds is 2. The molecule has 0 amide bonds. The molecule has 0 radical (unpaired) electrons. The zero-order chi connectivity index (χ0) is 15.9. The number of hydrogen-bond donors (Lipinski definition) is 1. The van der Waals surface area contributed by atoms with Gasteiger partial charge in [-0.2, -0.15) is 0 Å². The number of ether oxygens (including phenoxy) is 1. The molecule has 1 aromatic heterocycles. The van der Waals surface area contributed by atoms with Gasteiger partial charge in [0.05, 0.1) is 0 Å². The van der Waals surface area contributed by atoms with Gasteiger partial charge in [0.2, 0.25) is 5.88 Å². The van der Waals surface area contributed by atoms with E-state index < -0.39 is 6.10 Å². The van der Waals surface area contributed by atoms with Crippen LogP contribution in [-0.2, 0) is 6.42 Å². The van der Waals surface area contributed by atoms with Crippen LogP contribution < -0.4 is 10.0 Å². The third kappa shape index (κ3) is 2.81. The molecule has 22 heavy (non-hydrogen) atoms. The van der Waals surface area contributed by atoms with E-state index in [1.807, 2.05) is 6.07 Å². The average Bonchev–Trinajstić information content (AvgIpc) is 2.45. The molecule has 1 aliphatic heterocycles. The first-order valence-electron chi connectivity index (χ1n) is 6.75. The molecular weight excluding hydrogens is 324 g/mol. The van der Waals surface area contributed by atoms with Crippen molar-refractivity contribution in [2.24, 2.45) is 0 Å². The standard InChI is InChI=1S/C16H14ClFNO2P/c1-8(20)14-5-4-11-12(7-15(17)19-16(11)21-14)10-3-2-9(22)6-13(10)18/h2-3,6-7,14,20H,1,4-5,22H2. The lowest BCUT2D eigenvalue weighted by Crippen LogP contribution is -2.25. The topological polar surface area (TPSA) is 42.4 Å². The molecule has 1 N–H and O–H groups in total. The summed E-state index contributed by atoms with van der Waals surface area (Å²) >= 11 is 6.04. The molecule has 6 heteroatoms. The first kappa shape index (κ1) is 15.3. The Hall–Kier alpha value is -1.64. The fraction of sp³-hybridized carbons (Fsp3) is 0.188. The summed E-state index contributed by atoms with van der Waals surface area (Å²) in [6.07, 6.45) is 0.647. The van der Waals surface area contributed by atoms with E-state index in [2.05, 4.69) is 20.8 Å². The van der Waals surface area contributed by atoms with Gasteiger partial charge in [-0.25, -0.2) is 9.37 Å². The number of aliphatic hydroxyl groups is 1. The minimum Gasteiger partial charge on any atom is -0.509 e. The first-order chi connectivity index (χ1) is 10.5. The average molecular weight is 338 g/mol. The zero-order valence-corrected chi connectivity index (χ0v) is 13.6. The highest BCUT2D eigenvalue weighted by atomic mass is 35.5. The summed E-state index contributed by atoms with van der Waals surface area (Å²) in [7, 11) is 2.46. The van der Waals surface area contributed by atoms with Crippen LogP contribution in [-0.4, -0.2) is 16.2 Å². The van der Waals surface area contributed by atoms with Crippen LogP contribution in [0.4, 0.5) is 4.39 Å². The highest BCUT2D eigenvalue weighted by Crippen LogP contribution is 2.38. The Morgan fingerprint density at radius 2 is 2.18 bits per heavy atom. The van der Waals surface area contributed by atoms with Crippen molar-refractivity contribution >= 4 is 26.1 Å². The van der Waals surface area contributed by atoms with Crippen LogP contribution in [0.1, 0.15) is 12.0 Å². The van der Waals surface area contributed by atoms with Crippen LogP contribution in [0.2, 0.25) is 5.15 Å². The molecule has 0 saturated heterocycles. The summed E-state index contributed by atoms with van der Waals surface area (Å²) < 4.78 is 19.9. The van der Waals surface area contributed by atoms with Crippen molar-refractivity contribution in [3.8, 4) is 17.0 Å². The van der Waals surface area contributed by atoms with Gasteiger partial charge in [0.1, 0.15) is 16.7 Å². The van der Waals surface area contributed by atoms with Gasteiger partial charge < -0.3 is 9.84 Å². The SMILES string of the molecule is C=C(O)C1CCc2c(-c3ccc(P)cc3F)cc(Cl)nc2O1. The molecule has 1 aromatic carbocycles. The van der Waals surface area contributed by atoms with E-state index in [9.17, 15) is 9.50 Å². The quantitative estimate of drug-likeness (QED) is 0.515. The molecule has 0 aliphatic carbocycles. The predicted molar refractivity (Wildman–Crippen MR) is 88.5 cm³/mol. The second-order valence-electron chi connectivity index (χ2n) is 5.15. The van der Waals surface area contributed by atoms with Gasteiger partial charge in [-0.1, -0.05) is 30.3 Å². The molecule has 2 unspecified atom stereocenters. The molecule has 114 valence electrons. The number of aromatic nitrogens is 1. The third-order valence-corrected chi connectivity index (χ3v) is 4.17. The Kier molecular flexibility index (Phi) is 4.07. The van der Waals surface area contributed by atoms with Gasteiger partial charge in [0.15, 0.2) is 6.10 Å². The third-order valence-electron chi connectivity index (χ3n) is 3.62. The van der Waals surface area contributed by atoms with Crippen molar-refractivity contribution in [3.63, 3.8) is 0 Å². The van der Waals surface area contributed by atoms with Gasteiger partial charge in [0.25, 0.3) is 0 Å². The van der Waals surface area contributed by atoms with E-state index in [4.69, 9.17) is 16.3 Å². The van der Waals surface area contributed by atoms with E-state index in [0.717, 1.165) is 10.9 Å². The van der Waals surface area contributed by atoms with Crippen molar-refractivity contribution in [1.29, 1.82) is 0 Å². The second-order valence-corrected chi connectivity index (χ2v) is 6.21. The first-order valence-corrected chi connectivity index (χ1v) is 7.70. The smallest absolute Gasteiger partial charge is 0.219 e. The fourth-order valence-electron chi connectivity index (χ4n) is 2.55. The van der Waals surface area contributed by atoms with Gasteiger partial charge in [-0.05, 0) is 35.8 Å². The van der Waals surface area contributed by atoms with Gasteiger partial charge in [-0.3, -0.25) is 0 Å². The van der Waals surface area contributed by atoms with E-state index in [-0.39, 0.29) is 16.7 Å². The molecular formula is C16H14ClFNO2P. The maximum absolute atomic E-state index is 14.3. The summed E-state index contributed by atoms with van der Waals surface area (Å²) in [5.74, 6) is -0.0542. The highest BCUT2D eigenvalue weighted by Gasteiger charge is 2.27. The van der Waals surface area contributed by atoms with Crippen molar-refractivity contribution in [1.82, 2.24) is 4.98 Å². The summed E-state index contributed by atoms with van der Waals surface area (Å²) in [6.45, 7) is 3.49. The molecule has 3 nitrogen and oxygen atoms in total. The minimum atomic E-state index is -0.509. The number of hydrogen-bond acceptors (Lipinski definition) is 3. The summed E-state index contributed by atoms with van der Waals surface area (Å²) in [5, 5.41) is 10.5. The fourth-order valence-corrected chi connectivity index (χ4v) is 2.98. The Bertz CT molecular complexity index is 766. The number of aliphatic hydroxyl groups excluding tert-OH is 1. The lowest BCUT2D eigenvalue weighted by molar-refractivity contribution is 0.148. The van der Waals surface area contributed by atoms with Gasteiger partial charge in [0, 0.05) is 11.1 Å². The Balaban J connectivity index is 2.12. The minimum absolute atomic E-state index is 0.0486. The van der Waals surface area contributed by atoms with Crippen LogP contribution >= 0.6 is 20.8 Å². The number of fused-ring (bicyclic) bond motifs is 1. The van der Waals surface area contributed by atoms with Crippen LogP contribution in [0.15, 0.2) is 36.6 Å². The van der Waals surface area contributed by atoms with E-state index in [1.165, 1.54) is 6.07 Å². The lowest BCUT2D eigenvalue weighted by Gasteiger charge is -2.26. The maximum atomic E-state index is 14.3. The summed E-state index contributed by atoms with van der Waals surface area (Å²) in [4.78, 5) is 4.14.